The van der Waals surface area contributed by atoms with Crippen LogP contribution in [0.1, 0.15) is 24.9 Å². The van der Waals surface area contributed by atoms with Crippen molar-refractivity contribution in [3.8, 4) is 0 Å². The highest BCUT2D eigenvalue weighted by Crippen LogP contribution is 2.47. The second-order valence-electron chi connectivity index (χ2n) is 6.82. The molecule has 0 amide bonds. The summed E-state index contributed by atoms with van der Waals surface area (Å²) in [6, 6.07) is 19.0. The molecule has 0 saturated carbocycles. The van der Waals surface area contributed by atoms with Crippen LogP contribution in [0.3, 0.4) is 0 Å². The lowest BCUT2D eigenvalue weighted by atomic mass is 9.98. The molecular weight excluding hydrogens is 328 g/mol. The van der Waals surface area contributed by atoms with E-state index < -0.39 is 0 Å². The summed E-state index contributed by atoms with van der Waals surface area (Å²) >= 11 is 1.71. The Hall–Kier alpha value is -1.78. The summed E-state index contributed by atoms with van der Waals surface area (Å²) < 4.78 is 0. The molecule has 0 aliphatic carbocycles. The Morgan fingerprint density at radius 1 is 1.08 bits per heavy atom. The Labute approximate surface area is 155 Å². The number of Topliss-reactive ketones (excluding diaryl/α,β-unsaturated/α-hetero) is 1. The Kier molecular flexibility index (Phi) is 5.82. The van der Waals surface area contributed by atoms with Gasteiger partial charge in [-0.3, -0.25) is 4.79 Å². The molecule has 0 aromatic heterocycles. The van der Waals surface area contributed by atoms with E-state index >= 15 is 0 Å². The molecule has 4 heteroatoms. The van der Waals surface area contributed by atoms with Crippen molar-refractivity contribution >= 4 is 23.2 Å². The van der Waals surface area contributed by atoms with Gasteiger partial charge in [0, 0.05) is 11.4 Å². The van der Waals surface area contributed by atoms with Gasteiger partial charge in [-0.1, -0.05) is 42.5 Å². The average molecular weight is 355 g/mol. The van der Waals surface area contributed by atoms with Crippen LogP contribution in [0, 0.1) is 0 Å². The number of anilines is 1. The summed E-state index contributed by atoms with van der Waals surface area (Å²) in [5, 5.41) is -0.0725. The number of carbonyl (C=O) groups excluding carboxylic acids is 1. The molecule has 0 bridgehead atoms. The van der Waals surface area contributed by atoms with Gasteiger partial charge in [-0.25, -0.2) is 0 Å². The predicted molar refractivity (Wildman–Crippen MR) is 106 cm³/mol. The zero-order chi connectivity index (χ0) is 17.8. The van der Waals surface area contributed by atoms with Crippen molar-refractivity contribution in [3.05, 3.63) is 60.2 Å². The van der Waals surface area contributed by atoms with E-state index in [0.29, 0.717) is 0 Å². The zero-order valence-corrected chi connectivity index (χ0v) is 16.0. The van der Waals surface area contributed by atoms with Crippen LogP contribution >= 0.6 is 11.8 Å². The number of carbonyl (C=O) groups is 1. The summed E-state index contributed by atoms with van der Waals surface area (Å²) in [6.45, 7) is 3.71. The normalized spacial score (nSPS) is 19.8. The molecule has 0 radical (unpaired) electrons. The molecule has 2 aromatic carbocycles. The van der Waals surface area contributed by atoms with Crippen molar-refractivity contribution in [1.29, 1.82) is 0 Å². The second-order valence-corrected chi connectivity index (χ2v) is 8.01. The summed E-state index contributed by atoms with van der Waals surface area (Å²) in [6.07, 6.45) is 1.07. The first-order valence-corrected chi connectivity index (χ1v) is 9.68. The van der Waals surface area contributed by atoms with Gasteiger partial charge in [0.15, 0.2) is 0 Å². The van der Waals surface area contributed by atoms with Gasteiger partial charge < -0.3 is 9.80 Å². The first kappa shape index (κ1) is 18.0. The van der Waals surface area contributed by atoms with Crippen molar-refractivity contribution in [3.63, 3.8) is 0 Å². The molecule has 25 heavy (non-hydrogen) atoms. The quantitative estimate of drug-likeness (QED) is 0.774. The largest absolute Gasteiger partial charge is 0.362 e. The highest BCUT2D eigenvalue weighted by atomic mass is 32.2. The molecule has 3 rings (SSSR count). The Bertz CT molecular complexity index is 717. The number of para-hydroxylation sites is 1. The van der Waals surface area contributed by atoms with E-state index in [1.807, 2.05) is 6.07 Å². The smallest absolute Gasteiger partial charge is 0.145 e. The van der Waals surface area contributed by atoms with E-state index in [1.165, 1.54) is 16.1 Å². The minimum absolute atomic E-state index is 0.0725. The molecule has 0 fully saturated rings. The fraction of sp³-hybridized carbons (Fsp3) is 0.381. The van der Waals surface area contributed by atoms with Gasteiger partial charge in [-0.15, -0.1) is 11.8 Å². The van der Waals surface area contributed by atoms with Gasteiger partial charge in [-0.05, 0) is 51.7 Å². The van der Waals surface area contributed by atoms with Crippen molar-refractivity contribution < 1.29 is 4.79 Å². The van der Waals surface area contributed by atoms with Gasteiger partial charge >= 0.3 is 0 Å². The Balaban J connectivity index is 2.01. The highest BCUT2D eigenvalue weighted by molar-refractivity contribution is 8.01. The van der Waals surface area contributed by atoms with E-state index in [1.54, 1.807) is 18.7 Å². The van der Waals surface area contributed by atoms with Crippen LogP contribution in [0.4, 0.5) is 5.69 Å². The molecule has 1 aliphatic heterocycles. The molecule has 0 saturated heterocycles. The van der Waals surface area contributed by atoms with Crippen LogP contribution in [0.2, 0.25) is 0 Å². The summed E-state index contributed by atoms with van der Waals surface area (Å²) in [5.41, 5.74) is 2.46. The molecule has 3 nitrogen and oxygen atoms in total. The minimum atomic E-state index is -0.0725. The van der Waals surface area contributed by atoms with Gasteiger partial charge in [-0.2, -0.15) is 0 Å². The Morgan fingerprint density at radius 2 is 1.76 bits per heavy atom. The van der Waals surface area contributed by atoms with Crippen molar-refractivity contribution in [2.24, 2.45) is 0 Å². The fourth-order valence-corrected chi connectivity index (χ4v) is 4.77. The van der Waals surface area contributed by atoms with Crippen LogP contribution in [-0.4, -0.2) is 43.1 Å². The van der Waals surface area contributed by atoms with Crippen LogP contribution in [0.5, 0.6) is 0 Å². The molecule has 2 unspecified atom stereocenters. The number of hydrogen-bond donors (Lipinski definition) is 0. The third-order valence-corrected chi connectivity index (χ3v) is 6.04. The third kappa shape index (κ3) is 4.07. The number of ketones is 1. The molecule has 0 N–H and O–H groups in total. The van der Waals surface area contributed by atoms with Crippen LogP contribution in [0.25, 0.3) is 0 Å². The zero-order valence-electron chi connectivity index (χ0n) is 15.2. The van der Waals surface area contributed by atoms with E-state index in [9.17, 15) is 4.79 Å². The number of benzene rings is 2. The summed E-state index contributed by atoms with van der Waals surface area (Å²) in [5.74, 6) is 0.242. The molecular formula is C21H26N2OS. The SMILES string of the molecule is CC(=O)C1Sc2ccccc2N(CCCN(C)C)C1c1ccccc1. The van der Waals surface area contributed by atoms with E-state index in [2.05, 4.69) is 72.4 Å². The van der Waals surface area contributed by atoms with Gasteiger partial charge in [0.05, 0.1) is 17.0 Å². The number of nitrogens with zero attached hydrogens (tertiary/aromatic N) is 2. The molecule has 1 aliphatic rings. The Morgan fingerprint density at radius 3 is 2.44 bits per heavy atom. The second kappa shape index (κ2) is 8.07. The van der Waals surface area contributed by atoms with Crippen molar-refractivity contribution in [2.75, 3.05) is 32.1 Å². The van der Waals surface area contributed by atoms with E-state index in [0.717, 1.165) is 19.5 Å². The summed E-state index contributed by atoms with van der Waals surface area (Å²) in [7, 11) is 4.21. The van der Waals surface area contributed by atoms with Crippen LogP contribution in [0.15, 0.2) is 59.5 Å². The lowest BCUT2D eigenvalue weighted by Gasteiger charge is -2.43. The lowest BCUT2D eigenvalue weighted by Crippen LogP contribution is -2.42. The lowest BCUT2D eigenvalue weighted by molar-refractivity contribution is -0.116. The number of rotatable bonds is 6. The van der Waals surface area contributed by atoms with E-state index in [-0.39, 0.29) is 17.1 Å². The number of thioether (sulfide) groups is 1. The highest BCUT2D eigenvalue weighted by Gasteiger charge is 2.38. The standard InChI is InChI=1S/C21H26N2OS/c1-16(24)21-20(17-10-5-4-6-11-17)23(15-9-14-22(2)3)18-12-7-8-13-19(18)25-21/h4-8,10-13,20-21H,9,14-15H2,1-3H3. The monoisotopic (exact) mass is 354 g/mol. The minimum Gasteiger partial charge on any atom is -0.362 e. The third-order valence-electron chi connectivity index (χ3n) is 4.60. The molecule has 2 aromatic rings. The first-order valence-electron chi connectivity index (χ1n) is 8.80. The number of fused-ring (bicyclic) bond motifs is 1. The van der Waals surface area contributed by atoms with E-state index in [4.69, 9.17) is 0 Å². The van der Waals surface area contributed by atoms with Gasteiger partial charge in [0.2, 0.25) is 0 Å². The first-order chi connectivity index (χ1) is 12.1. The molecule has 0 spiro atoms. The maximum absolute atomic E-state index is 12.5. The maximum Gasteiger partial charge on any atom is 0.145 e. The maximum atomic E-state index is 12.5. The topological polar surface area (TPSA) is 23.6 Å². The summed E-state index contributed by atoms with van der Waals surface area (Å²) in [4.78, 5) is 18.3. The fourth-order valence-electron chi connectivity index (χ4n) is 3.44. The van der Waals surface area contributed by atoms with Crippen molar-refractivity contribution in [2.45, 2.75) is 29.5 Å². The van der Waals surface area contributed by atoms with Crippen LogP contribution in [-0.2, 0) is 4.79 Å². The van der Waals surface area contributed by atoms with Gasteiger partial charge in [0.1, 0.15) is 5.78 Å². The molecule has 1 heterocycles. The molecule has 2 atom stereocenters. The van der Waals surface area contributed by atoms with Crippen LogP contribution < -0.4 is 4.90 Å². The average Bonchev–Trinajstić information content (AvgIpc) is 2.61. The van der Waals surface area contributed by atoms with Crippen molar-refractivity contribution in [1.82, 2.24) is 4.90 Å². The predicted octanol–water partition coefficient (Wildman–Crippen LogP) is 4.25. The molecule has 132 valence electrons. The van der Waals surface area contributed by atoms with Gasteiger partial charge in [0.25, 0.3) is 0 Å². The number of hydrogen-bond acceptors (Lipinski definition) is 4.